The van der Waals surface area contributed by atoms with Crippen LogP contribution in [0.3, 0.4) is 0 Å². The van der Waals surface area contributed by atoms with E-state index in [0.29, 0.717) is 12.5 Å². The van der Waals surface area contributed by atoms with E-state index in [0.717, 1.165) is 24.8 Å². The van der Waals surface area contributed by atoms with Crippen molar-refractivity contribution < 1.29 is 8.42 Å². The zero-order valence-electron chi connectivity index (χ0n) is 12.5. The SMILES string of the molecule is CC(C)CCCC(C)NS(=O)(=O)c1ccc(CN)cn1. The van der Waals surface area contributed by atoms with Crippen molar-refractivity contribution in [1.29, 1.82) is 0 Å². The topological polar surface area (TPSA) is 85.1 Å². The Labute approximate surface area is 122 Å². The molecule has 0 amide bonds. The van der Waals surface area contributed by atoms with Crippen LogP contribution in [0.1, 0.15) is 45.6 Å². The Hall–Kier alpha value is -0.980. The van der Waals surface area contributed by atoms with Crippen molar-refractivity contribution >= 4 is 10.0 Å². The summed E-state index contributed by atoms with van der Waals surface area (Å²) in [6, 6.07) is 3.09. The van der Waals surface area contributed by atoms with Gasteiger partial charge >= 0.3 is 0 Å². The van der Waals surface area contributed by atoms with Crippen LogP contribution in [-0.4, -0.2) is 19.4 Å². The number of pyridine rings is 1. The first-order valence-corrected chi connectivity index (χ1v) is 8.50. The lowest BCUT2D eigenvalue weighted by Crippen LogP contribution is -2.33. The van der Waals surface area contributed by atoms with E-state index in [9.17, 15) is 8.42 Å². The maximum Gasteiger partial charge on any atom is 0.258 e. The van der Waals surface area contributed by atoms with E-state index in [1.54, 1.807) is 6.07 Å². The second-order valence-corrected chi connectivity index (χ2v) is 7.22. The van der Waals surface area contributed by atoms with Crippen LogP contribution < -0.4 is 10.5 Å². The van der Waals surface area contributed by atoms with Crippen LogP contribution in [0.4, 0.5) is 0 Å². The molecule has 0 radical (unpaired) electrons. The van der Waals surface area contributed by atoms with Crippen molar-refractivity contribution in [2.75, 3.05) is 0 Å². The van der Waals surface area contributed by atoms with Crippen molar-refractivity contribution in [1.82, 2.24) is 9.71 Å². The normalized spacial score (nSPS) is 13.7. The van der Waals surface area contributed by atoms with Gasteiger partial charge in [0.25, 0.3) is 10.0 Å². The highest BCUT2D eigenvalue weighted by molar-refractivity contribution is 7.89. The monoisotopic (exact) mass is 299 g/mol. The fourth-order valence-electron chi connectivity index (χ4n) is 1.91. The lowest BCUT2D eigenvalue weighted by atomic mass is 10.0. The van der Waals surface area contributed by atoms with Crippen LogP contribution in [0.15, 0.2) is 23.4 Å². The van der Waals surface area contributed by atoms with Crippen LogP contribution in [0.25, 0.3) is 0 Å². The molecule has 0 bridgehead atoms. The van der Waals surface area contributed by atoms with E-state index >= 15 is 0 Å². The minimum atomic E-state index is -3.54. The lowest BCUT2D eigenvalue weighted by Gasteiger charge is -2.14. The Bertz CT molecular complexity index is 498. The summed E-state index contributed by atoms with van der Waals surface area (Å²) in [4.78, 5) is 3.95. The number of nitrogens with one attached hydrogen (secondary N) is 1. The summed E-state index contributed by atoms with van der Waals surface area (Å²) in [5.41, 5.74) is 6.28. The average molecular weight is 299 g/mol. The fourth-order valence-corrected chi connectivity index (χ4v) is 3.11. The molecule has 0 aliphatic carbocycles. The number of hydrogen-bond acceptors (Lipinski definition) is 4. The van der Waals surface area contributed by atoms with Gasteiger partial charge in [-0.2, -0.15) is 0 Å². The molecule has 1 unspecified atom stereocenters. The summed E-state index contributed by atoms with van der Waals surface area (Å²) in [5, 5.41) is 0.0467. The average Bonchev–Trinajstić information content (AvgIpc) is 2.37. The summed E-state index contributed by atoms with van der Waals surface area (Å²) in [7, 11) is -3.54. The summed E-state index contributed by atoms with van der Waals surface area (Å²) < 4.78 is 26.9. The van der Waals surface area contributed by atoms with Gasteiger partial charge in [0, 0.05) is 18.8 Å². The first-order chi connectivity index (χ1) is 9.35. The Kier molecular flexibility index (Phi) is 6.58. The second-order valence-electron chi connectivity index (χ2n) is 5.56. The standard InChI is InChI=1S/C14H25N3O2S/c1-11(2)5-4-6-12(3)17-20(18,19)14-8-7-13(9-15)10-16-14/h7-8,10-12,17H,4-6,9,15H2,1-3H3. The summed E-state index contributed by atoms with van der Waals surface area (Å²) in [6.07, 6.45) is 4.45. The largest absolute Gasteiger partial charge is 0.326 e. The number of nitrogens with zero attached hydrogens (tertiary/aromatic N) is 1. The van der Waals surface area contributed by atoms with Gasteiger partial charge < -0.3 is 5.73 Å². The molecular formula is C14H25N3O2S. The smallest absolute Gasteiger partial charge is 0.258 e. The molecule has 0 saturated carbocycles. The van der Waals surface area contributed by atoms with Crippen LogP contribution in [0.5, 0.6) is 0 Å². The van der Waals surface area contributed by atoms with Gasteiger partial charge in [-0.25, -0.2) is 18.1 Å². The second kappa shape index (κ2) is 7.71. The summed E-state index contributed by atoms with van der Waals surface area (Å²) >= 11 is 0. The molecule has 0 saturated heterocycles. The van der Waals surface area contributed by atoms with E-state index in [1.165, 1.54) is 12.3 Å². The van der Waals surface area contributed by atoms with Crippen molar-refractivity contribution in [2.24, 2.45) is 11.7 Å². The zero-order chi connectivity index (χ0) is 15.2. The van der Waals surface area contributed by atoms with Gasteiger partial charge in [-0.15, -0.1) is 0 Å². The van der Waals surface area contributed by atoms with Crippen molar-refractivity contribution in [3.63, 3.8) is 0 Å². The molecule has 5 nitrogen and oxygen atoms in total. The highest BCUT2D eigenvalue weighted by Crippen LogP contribution is 2.11. The van der Waals surface area contributed by atoms with Gasteiger partial charge in [0.2, 0.25) is 0 Å². The molecule has 0 aliphatic heterocycles. The van der Waals surface area contributed by atoms with Gasteiger partial charge in [-0.3, -0.25) is 0 Å². The van der Waals surface area contributed by atoms with E-state index in [1.807, 2.05) is 6.92 Å². The van der Waals surface area contributed by atoms with Crippen LogP contribution in [0, 0.1) is 5.92 Å². The molecule has 3 N–H and O–H groups in total. The summed E-state index contributed by atoms with van der Waals surface area (Å²) in [5.74, 6) is 0.643. The molecule has 114 valence electrons. The van der Waals surface area contributed by atoms with Crippen molar-refractivity contribution in [3.8, 4) is 0 Å². The molecule has 1 heterocycles. The zero-order valence-corrected chi connectivity index (χ0v) is 13.3. The maximum absolute atomic E-state index is 12.1. The van der Waals surface area contributed by atoms with Crippen LogP contribution >= 0.6 is 0 Å². The number of aromatic nitrogens is 1. The Morgan fingerprint density at radius 1 is 1.25 bits per heavy atom. The van der Waals surface area contributed by atoms with Crippen molar-refractivity contribution in [3.05, 3.63) is 23.9 Å². The third-order valence-corrected chi connectivity index (χ3v) is 4.59. The highest BCUT2D eigenvalue weighted by atomic mass is 32.2. The molecule has 1 rings (SSSR count). The third kappa shape index (κ3) is 5.56. The molecule has 1 aromatic heterocycles. The Morgan fingerprint density at radius 3 is 2.45 bits per heavy atom. The first kappa shape index (κ1) is 17.1. The Morgan fingerprint density at radius 2 is 1.95 bits per heavy atom. The molecule has 6 heteroatoms. The van der Waals surface area contributed by atoms with Gasteiger partial charge in [-0.1, -0.05) is 32.8 Å². The van der Waals surface area contributed by atoms with E-state index in [2.05, 4.69) is 23.6 Å². The lowest BCUT2D eigenvalue weighted by molar-refractivity contribution is 0.487. The van der Waals surface area contributed by atoms with Crippen LogP contribution in [-0.2, 0) is 16.6 Å². The third-order valence-electron chi connectivity index (χ3n) is 3.08. The van der Waals surface area contributed by atoms with E-state index in [4.69, 9.17) is 5.73 Å². The molecule has 0 fully saturated rings. The van der Waals surface area contributed by atoms with E-state index in [-0.39, 0.29) is 11.1 Å². The molecule has 0 spiro atoms. The van der Waals surface area contributed by atoms with Gasteiger partial charge in [0.05, 0.1) is 0 Å². The van der Waals surface area contributed by atoms with Gasteiger partial charge in [0.15, 0.2) is 5.03 Å². The number of hydrogen-bond donors (Lipinski definition) is 2. The number of sulfonamides is 1. The number of nitrogens with two attached hydrogens (primary N) is 1. The first-order valence-electron chi connectivity index (χ1n) is 7.02. The predicted octanol–water partition coefficient (Wildman–Crippen LogP) is 2.03. The van der Waals surface area contributed by atoms with Gasteiger partial charge in [0.1, 0.15) is 0 Å². The number of rotatable bonds is 8. The molecule has 0 aromatic carbocycles. The quantitative estimate of drug-likeness (QED) is 0.769. The highest BCUT2D eigenvalue weighted by Gasteiger charge is 2.18. The molecule has 0 aliphatic rings. The molecule has 20 heavy (non-hydrogen) atoms. The molecule has 1 atom stereocenters. The minimum absolute atomic E-state index is 0.0467. The summed E-state index contributed by atoms with van der Waals surface area (Å²) in [6.45, 7) is 6.56. The maximum atomic E-state index is 12.1. The molecule has 1 aromatic rings. The van der Waals surface area contributed by atoms with Crippen molar-refractivity contribution in [2.45, 2.75) is 57.6 Å². The predicted molar refractivity (Wildman–Crippen MR) is 80.6 cm³/mol. The minimum Gasteiger partial charge on any atom is -0.326 e. The van der Waals surface area contributed by atoms with Gasteiger partial charge in [-0.05, 0) is 30.9 Å². The molecular weight excluding hydrogens is 274 g/mol. The fraction of sp³-hybridized carbons (Fsp3) is 0.643. The van der Waals surface area contributed by atoms with E-state index < -0.39 is 10.0 Å². The Balaban J connectivity index is 2.59. The van der Waals surface area contributed by atoms with Crippen LogP contribution in [0.2, 0.25) is 0 Å².